The Balaban J connectivity index is 1.90. The van der Waals surface area contributed by atoms with Crippen LogP contribution in [0.1, 0.15) is 12.5 Å². The lowest BCUT2D eigenvalue weighted by Gasteiger charge is -2.15. The lowest BCUT2D eigenvalue weighted by atomic mass is 10.2. The summed E-state index contributed by atoms with van der Waals surface area (Å²) >= 11 is 1.51. The fraction of sp³-hybridized carbons (Fsp3) is 0.250. The minimum Gasteiger partial charge on any atom is -0.495 e. The Hall–Kier alpha value is -2.34. The van der Waals surface area contributed by atoms with E-state index in [0.717, 1.165) is 5.56 Å². The molecule has 5 nitrogen and oxygen atoms in total. The van der Waals surface area contributed by atoms with Gasteiger partial charge in [-0.1, -0.05) is 12.1 Å². The molecular formula is C16H17NO4S. The molecule has 1 aromatic carbocycles. The van der Waals surface area contributed by atoms with Crippen LogP contribution in [0.3, 0.4) is 0 Å². The number of amides is 1. The molecule has 0 bridgehead atoms. The molecule has 1 atom stereocenters. The molecule has 0 aliphatic heterocycles. The maximum absolute atomic E-state index is 12.1. The summed E-state index contributed by atoms with van der Waals surface area (Å²) in [6.45, 7) is 1.54. The first-order chi connectivity index (χ1) is 10.6. The van der Waals surface area contributed by atoms with Gasteiger partial charge >= 0.3 is 5.97 Å². The predicted octanol–water partition coefficient (Wildman–Crippen LogP) is 2.87. The van der Waals surface area contributed by atoms with Crippen molar-refractivity contribution in [3.63, 3.8) is 0 Å². The maximum Gasteiger partial charge on any atom is 0.311 e. The molecule has 1 heterocycles. The van der Waals surface area contributed by atoms with Gasteiger partial charge in [-0.15, -0.1) is 0 Å². The summed E-state index contributed by atoms with van der Waals surface area (Å²) in [5, 5.41) is 6.45. The smallest absolute Gasteiger partial charge is 0.311 e. The number of para-hydroxylation sites is 2. The van der Waals surface area contributed by atoms with Crippen LogP contribution in [0.5, 0.6) is 5.75 Å². The number of hydrogen-bond donors (Lipinski definition) is 1. The van der Waals surface area contributed by atoms with E-state index >= 15 is 0 Å². The van der Waals surface area contributed by atoms with Crippen molar-refractivity contribution in [2.45, 2.75) is 19.4 Å². The minimum atomic E-state index is -0.879. The molecule has 1 N–H and O–H groups in total. The van der Waals surface area contributed by atoms with E-state index in [2.05, 4.69) is 5.32 Å². The molecular weight excluding hydrogens is 302 g/mol. The monoisotopic (exact) mass is 319 g/mol. The Morgan fingerprint density at radius 1 is 1.27 bits per heavy atom. The van der Waals surface area contributed by atoms with Gasteiger partial charge in [-0.05, 0) is 41.4 Å². The average Bonchev–Trinajstić information content (AvgIpc) is 3.00. The number of esters is 1. The van der Waals surface area contributed by atoms with E-state index in [1.807, 2.05) is 16.8 Å². The third-order valence-electron chi connectivity index (χ3n) is 2.97. The highest BCUT2D eigenvalue weighted by atomic mass is 32.1. The zero-order chi connectivity index (χ0) is 15.9. The molecule has 0 aliphatic carbocycles. The van der Waals surface area contributed by atoms with Crippen LogP contribution in [0.15, 0.2) is 41.1 Å². The first kappa shape index (κ1) is 16.0. The van der Waals surface area contributed by atoms with Crippen molar-refractivity contribution in [3.8, 4) is 5.75 Å². The van der Waals surface area contributed by atoms with Gasteiger partial charge in [0.15, 0.2) is 6.10 Å². The number of carbonyl (C=O) groups is 2. The van der Waals surface area contributed by atoms with E-state index in [-0.39, 0.29) is 6.42 Å². The van der Waals surface area contributed by atoms with Gasteiger partial charge in [0.25, 0.3) is 5.91 Å². The van der Waals surface area contributed by atoms with Crippen molar-refractivity contribution < 1.29 is 19.1 Å². The van der Waals surface area contributed by atoms with Crippen molar-refractivity contribution in [1.82, 2.24) is 0 Å². The maximum atomic E-state index is 12.1. The Bertz CT molecular complexity index is 639. The van der Waals surface area contributed by atoms with Gasteiger partial charge in [0.1, 0.15) is 5.75 Å². The first-order valence-corrected chi connectivity index (χ1v) is 7.69. The highest BCUT2D eigenvalue weighted by Gasteiger charge is 2.19. The highest BCUT2D eigenvalue weighted by molar-refractivity contribution is 7.07. The normalized spacial score (nSPS) is 11.5. The highest BCUT2D eigenvalue weighted by Crippen LogP contribution is 2.23. The molecule has 2 rings (SSSR count). The number of benzene rings is 1. The van der Waals surface area contributed by atoms with E-state index in [4.69, 9.17) is 9.47 Å². The second-order valence-electron chi connectivity index (χ2n) is 4.63. The molecule has 0 spiro atoms. The number of hydrogen-bond acceptors (Lipinski definition) is 5. The third-order valence-corrected chi connectivity index (χ3v) is 3.70. The fourth-order valence-electron chi connectivity index (χ4n) is 1.83. The zero-order valence-corrected chi connectivity index (χ0v) is 13.2. The Labute approximate surface area is 132 Å². The summed E-state index contributed by atoms with van der Waals surface area (Å²) < 4.78 is 10.3. The zero-order valence-electron chi connectivity index (χ0n) is 12.4. The Morgan fingerprint density at radius 2 is 2.05 bits per heavy atom. The van der Waals surface area contributed by atoms with Crippen LogP contribution in [0, 0.1) is 0 Å². The summed E-state index contributed by atoms with van der Waals surface area (Å²) in [6, 6.07) is 8.90. The van der Waals surface area contributed by atoms with E-state index in [1.54, 1.807) is 24.3 Å². The van der Waals surface area contributed by atoms with Crippen LogP contribution >= 0.6 is 11.3 Å². The van der Waals surface area contributed by atoms with Crippen LogP contribution < -0.4 is 10.1 Å². The number of carbonyl (C=O) groups excluding carboxylic acids is 2. The number of anilines is 1. The number of thiophene rings is 1. The van der Waals surface area contributed by atoms with Gasteiger partial charge in [0, 0.05) is 0 Å². The van der Waals surface area contributed by atoms with Crippen LogP contribution in [0.4, 0.5) is 5.69 Å². The Kier molecular flexibility index (Phi) is 5.55. The van der Waals surface area contributed by atoms with Crippen LogP contribution in [0.25, 0.3) is 0 Å². The molecule has 0 saturated heterocycles. The molecule has 0 radical (unpaired) electrons. The van der Waals surface area contributed by atoms with Gasteiger partial charge < -0.3 is 14.8 Å². The summed E-state index contributed by atoms with van der Waals surface area (Å²) in [6.07, 6.45) is -0.716. The van der Waals surface area contributed by atoms with Gasteiger partial charge in [0.2, 0.25) is 0 Å². The largest absolute Gasteiger partial charge is 0.495 e. The second-order valence-corrected chi connectivity index (χ2v) is 5.41. The first-order valence-electron chi connectivity index (χ1n) is 6.74. The van der Waals surface area contributed by atoms with E-state index in [1.165, 1.54) is 25.4 Å². The van der Waals surface area contributed by atoms with Crippen LogP contribution in [-0.2, 0) is 20.7 Å². The van der Waals surface area contributed by atoms with Crippen molar-refractivity contribution in [2.24, 2.45) is 0 Å². The summed E-state index contributed by atoms with van der Waals surface area (Å²) in [5.74, 6) is -0.281. The lowest BCUT2D eigenvalue weighted by molar-refractivity contribution is -0.152. The molecule has 0 unspecified atom stereocenters. The van der Waals surface area contributed by atoms with Gasteiger partial charge in [-0.25, -0.2) is 0 Å². The molecule has 116 valence electrons. The minimum absolute atomic E-state index is 0.162. The SMILES string of the molecule is COc1ccccc1NC(=O)[C@@H](C)OC(=O)Cc1ccsc1. The molecule has 0 aliphatic rings. The van der Waals surface area contributed by atoms with Gasteiger partial charge in [-0.2, -0.15) is 11.3 Å². The molecule has 1 amide bonds. The average molecular weight is 319 g/mol. The standard InChI is InChI=1S/C16H17NO4S/c1-11(21-15(18)9-12-7-8-22-10-12)16(19)17-13-5-3-4-6-14(13)20-2/h3-8,10-11H,9H2,1-2H3,(H,17,19)/t11-/m1/s1. The molecule has 22 heavy (non-hydrogen) atoms. The van der Waals surface area contributed by atoms with Gasteiger partial charge in [0.05, 0.1) is 19.2 Å². The third kappa shape index (κ3) is 4.33. The van der Waals surface area contributed by atoms with Crippen LogP contribution in [-0.4, -0.2) is 25.1 Å². The quantitative estimate of drug-likeness (QED) is 0.832. The fourth-order valence-corrected chi connectivity index (χ4v) is 2.50. The Morgan fingerprint density at radius 3 is 2.73 bits per heavy atom. The summed E-state index contributed by atoms with van der Waals surface area (Å²) in [7, 11) is 1.52. The number of nitrogens with one attached hydrogen (secondary N) is 1. The van der Waals surface area contributed by atoms with Crippen LogP contribution in [0.2, 0.25) is 0 Å². The van der Waals surface area contributed by atoms with E-state index in [9.17, 15) is 9.59 Å². The molecule has 2 aromatic rings. The van der Waals surface area contributed by atoms with E-state index in [0.29, 0.717) is 11.4 Å². The molecule has 0 fully saturated rings. The van der Waals surface area contributed by atoms with Gasteiger partial charge in [-0.3, -0.25) is 9.59 Å². The van der Waals surface area contributed by atoms with Crippen molar-refractivity contribution in [2.75, 3.05) is 12.4 Å². The number of rotatable bonds is 6. The molecule has 6 heteroatoms. The lowest BCUT2D eigenvalue weighted by Crippen LogP contribution is -2.30. The summed E-state index contributed by atoms with van der Waals surface area (Å²) in [4.78, 5) is 23.9. The number of methoxy groups -OCH3 is 1. The van der Waals surface area contributed by atoms with Crippen molar-refractivity contribution in [1.29, 1.82) is 0 Å². The molecule has 0 saturated carbocycles. The van der Waals surface area contributed by atoms with E-state index < -0.39 is 18.0 Å². The summed E-state index contributed by atoms with van der Waals surface area (Å²) in [5.41, 5.74) is 1.42. The van der Waals surface area contributed by atoms with Crippen molar-refractivity contribution in [3.05, 3.63) is 46.7 Å². The topological polar surface area (TPSA) is 64.6 Å². The molecule has 1 aromatic heterocycles. The predicted molar refractivity (Wildman–Crippen MR) is 85.2 cm³/mol. The second kappa shape index (κ2) is 7.61. The number of ether oxygens (including phenoxy) is 2. The van der Waals surface area contributed by atoms with Crippen molar-refractivity contribution >= 4 is 28.9 Å².